The lowest BCUT2D eigenvalue weighted by Gasteiger charge is -2.23. The number of halogens is 3. The van der Waals surface area contributed by atoms with Crippen molar-refractivity contribution in [3.63, 3.8) is 0 Å². The Morgan fingerprint density at radius 3 is 2.57 bits per heavy atom. The number of ether oxygens (including phenoxy) is 1. The Kier molecular flexibility index (Phi) is 5.60. The normalized spacial score (nSPS) is 14.0. The van der Waals surface area contributed by atoms with Crippen LogP contribution in [0.4, 0.5) is 0 Å². The lowest BCUT2D eigenvalue weighted by Crippen LogP contribution is -2.31. The van der Waals surface area contributed by atoms with E-state index in [0.29, 0.717) is 26.0 Å². The Morgan fingerprint density at radius 2 is 2.00 bits per heavy atom. The summed E-state index contributed by atoms with van der Waals surface area (Å²) in [5, 5.41) is 0.983. The molecule has 0 saturated carbocycles. The van der Waals surface area contributed by atoms with Gasteiger partial charge >= 0.3 is 0 Å². The van der Waals surface area contributed by atoms with E-state index in [9.17, 15) is 0 Å². The first-order valence-electron chi connectivity index (χ1n) is 6.55. The molecule has 0 spiro atoms. The smallest absolute Gasteiger partial charge is 0.171 e. The molecule has 3 nitrogen and oxygen atoms in total. The van der Waals surface area contributed by atoms with Gasteiger partial charge in [0.15, 0.2) is 6.10 Å². The second kappa shape index (κ2) is 7.05. The van der Waals surface area contributed by atoms with Gasteiger partial charge in [-0.1, -0.05) is 30.1 Å². The van der Waals surface area contributed by atoms with Gasteiger partial charge in [0.05, 0.1) is 10.0 Å². The van der Waals surface area contributed by atoms with Crippen LogP contribution in [0.15, 0.2) is 33.2 Å². The molecular weight excluding hydrogens is 377 g/mol. The molecule has 2 aromatic rings. The fraction of sp³-hybridized carbons (Fsp3) is 0.333. The van der Waals surface area contributed by atoms with E-state index < -0.39 is 6.10 Å². The number of hydrogen-bond donors (Lipinski definition) is 1. The Bertz CT molecular complexity index is 630. The van der Waals surface area contributed by atoms with Crippen molar-refractivity contribution in [2.75, 3.05) is 0 Å². The summed E-state index contributed by atoms with van der Waals surface area (Å²) in [6.07, 6.45) is 0.324. The van der Waals surface area contributed by atoms with Crippen molar-refractivity contribution in [3.8, 4) is 5.75 Å². The molecule has 0 fully saturated rings. The molecule has 0 bridgehead atoms. The highest BCUT2D eigenvalue weighted by Crippen LogP contribution is 2.37. The second-order valence-electron chi connectivity index (χ2n) is 4.76. The summed E-state index contributed by atoms with van der Waals surface area (Å²) in [4.78, 5) is 0. The van der Waals surface area contributed by atoms with E-state index >= 15 is 0 Å². The van der Waals surface area contributed by atoms with Crippen LogP contribution in [0.5, 0.6) is 5.75 Å². The third-order valence-corrected chi connectivity index (χ3v) is 4.62. The molecule has 1 aromatic carbocycles. The Hall–Kier alpha value is -0.680. The van der Waals surface area contributed by atoms with Gasteiger partial charge in [0, 0.05) is 16.6 Å². The summed E-state index contributed by atoms with van der Waals surface area (Å²) in [6.45, 7) is 3.87. The van der Waals surface area contributed by atoms with Gasteiger partial charge in [-0.25, -0.2) is 0 Å². The number of rotatable bonds is 5. The lowest BCUT2D eigenvalue weighted by atomic mass is 10.1. The molecule has 2 atom stereocenters. The third kappa shape index (κ3) is 3.95. The molecule has 0 amide bonds. The first-order chi connectivity index (χ1) is 9.92. The van der Waals surface area contributed by atoms with Crippen LogP contribution in [-0.2, 0) is 0 Å². The molecule has 1 aromatic heterocycles. The minimum absolute atomic E-state index is 0.214. The minimum Gasteiger partial charge on any atom is -0.479 e. The Morgan fingerprint density at radius 1 is 1.29 bits per heavy atom. The largest absolute Gasteiger partial charge is 0.479 e. The van der Waals surface area contributed by atoms with Gasteiger partial charge in [-0.05, 0) is 47.5 Å². The van der Waals surface area contributed by atoms with Crippen LogP contribution in [0.3, 0.4) is 0 Å². The molecule has 0 aliphatic heterocycles. The quantitative estimate of drug-likeness (QED) is 0.682. The monoisotopic (exact) mass is 391 g/mol. The average molecular weight is 393 g/mol. The van der Waals surface area contributed by atoms with Crippen LogP contribution in [-0.4, -0.2) is 6.04 Å². The first kappa shape index (κ1) is 16.7. The molecule has 0 radical (unpaired) electrons. The molecule has 1 heterocycles. The molecule has 2 rings (SSSR count). The third-order valence-electron chi connectivity index (χ3n) is 3.13. The Labute approximate surface area is 142 Å². The summed E-state index contributed by atoms with van der Waals surface area (Å²) >= 11 is 15.6. The average Bonchev–Trinajstić information content (AvgIpc) is 2.87. The van der Waals surface area contributed by atoms with Crippen molar-refractivity contribution < 1.29 is 9.15 Å². The molecule has 6 heteroatoms. The maximum atomic E-state index is 6.20. The number of aryl methyl sites for hydroxylation is 1. The molecule has 0 saturated heterocycles. The van der Waals surface area contributed by atoms with Crippen LogP contribution in [0.1, 0.15) is 31.0 Å². The van der Waals surface area contributed by atoms with E-state index in [1.807, 2.05) is 26.0 Å². The maximum Gasteiger partial charge on any atom is 0.171 e. The minimum atomic E-state index is -0.418. The zero-order valence-electron chi connectivity index (χ0n) is 11.7. The van der Waals surface area contributed by atoms with Gasteiger partial charge in [0.25, 0.3) is 0 Å². The van der Waals surface area contributed by atoms with Crippen molar-refractivity contribution in [1.82, 2.24) is 0 Å². The van der Waals surface area contributed by atoms with E-state index in [0.717, 1.165) is 12.2 Å². The van der Waals surface area contributed by atoms with Crippen LogP contribution in [0.2, 0.25) is 10.0 Å². The maximum absolute atomic E-state index is 6.20. The van der Waals surface area contributed by atoms with E-state index in [2.05, 4.69) is 15.9 Å². The van der Waals surface area contributed by atoms with Gasteiger partial charge < -0.3 is 14.9 Å². The number of hydrogen-bond acceptors (Lipinski definition) is 3. The summed E-state index contributed by atoms with van der Waals surface area (Å²) in [7, 11) is 0. The zero-order valence-corrected chi connectivity index (χ0v) is 14.8. The lowest BCUT2D eigenvalue weighted by molar-refractivity contribution is 0.143. The van der Waals surface area contributed by atoms with Gasteiger partial charge in [-0.2, -0.15) is 0 Å². The molecule has 0 aliphatic carbocycles. The van der Waals surface area contributed by atoms with E-state index in [-0.39, 0.29) is 6.04 Å². The first-order valence-corrected chi connectivity index (χ1v) is 8.10. The van der Waals surface area contributed by atoms with Crippen molar-refractivity contribution in [3.05, 3.63) is 50.3 Å². The highest BCUT2D eigenvalue weighted by atomic mass is 79.9. The number of benzene rings is 1. The summed E-state index contributed by atoms with van der Waals surface area (Å²) in [5.74, 6) is 1.96. The van der Waals surface area contributed by atoms with Gasteiger partial charge in [-0.3, -0.25) is 0 Å². The number of nitrogens with two attached hydrogens (primary N) is 1. The molecule has 2 unspecified atom stereocenters. The highest BCUT2D eigenvalue weighted by Gasteiger charge is 2.25. The van der Waals surface area contributed by atoms with Gasteiger partial charge in [0.1, 0.15) is 17.3 Å². The van der Waals surface area contributed by atoms with E-state index in [1.54, 1.807) is 12.1 Å². The fourth-order valence-corrected chi connectivity index (χ4v) is 2.75. The van der Waals surface area contributed by atoms with Crippen molar-refractivity contribution in [1.29, 1.82) is 0 Å². The molecule has 0 aliphatic rings. The van der Waals surface area contributed by atoms with E-state index in [4.69, 9.17) is 38.1 Å². The molecule has 2 N–H and O–H groups in total. The SMILES string of the molecule is CCC(N)C(Oc1cc(Cl)c(Br)cc1Cl)c1ccc(C)o1. The van der Waals surface area contributed by atoms with Crippen LogP contribution < -0.4 is 10.5 Å². The van der Waals surface area contributed by atoms with Crippen molar-refractivity contribution in [2.45, 2.75) is 32.4 Å². The topological polar surface area (TPSA) is 48.4 Å². The van der Waals surface area contributed by atoms with Gasteiger partial charge in [-0.15, -0.1) is 0 Å². The molecular formula is C15H16BrCl2NO2. The van der Waals surface area contributed by atoms with E-state index in [1.165, 1.54) is 0 Å². The predicted molar refractivity (Wildman–Crippen MR) is 89.2 cm³/mol. The van der Waals surface area contributed by atoms with Gasteiger partial charge in [0.2, 0.25) is 0 Å². The predicted octanol–water partition coefficient (Wildman–Crippen LogP) is 5.51. The van der Waals surface area contributed by atoms with Crippen LogP contribution >= 0.6 is 39.1 Å². The summed E-state index contributed by atoms with van der Waals surface area (Å²) in [6, 6.07) is 6.89. The van der Waals surface area contributed by atoms with Crippen LogP contribution in [0.25, 0.3) is 0 Å². The summed E-state index contributed by atoms with van der Waals surface area (Å²) in [5.41, 5.74) is 6.15. The zero-order chi connectivity index (χ0) is 15.6. The second-order valence-corrected chi connectivity index (χ2v) is 6.42. The Balaban J connectivity index is 2.33. The molecule has 21 heavy (non-hydrogen) atoms. The highest BCUT2D eigenvalue weighted by molar-refractivity contribution is 9.10. The standard InChI is InChI=1S/C15H16BrCl2NO2/c1-3-12(19)15(13-5-4-8(2)20-13)21-14-7-10(17)9(16)6-11(14)18/h4-7,12,15H,3,19H2,1-2H3. The number of furan rings is 1. The van der Waals surface area contributed by atoms with Crippen molar-refractivity contribution >= 4 is 39.1 Å². The summed E-state index contributed by atoms with van der Waals surface area (Å²) < 4.78 is 12.3. The van der Waals surface area contributed by atoms with Crippen molar-refractivity contribution in [2.24, 2.45) is 5.73 Å². The van der Waals surface area contributed by atoms with Crippen LogP contribution in [0, 0.1) is 6.92 Å². The molecule has 114 valence electrons. The fourth-order valence-electron chi connectivity index (χ4n) is 1.91.